The first-order valence-corrected chi connectivity index (χ1v) is 5.17. The Morgan fingerprint density at radius 3 is 2.71 bits per heavy atom. The summed E-state index contributed by atoms with van der Waals surface area (Å²) in [6.45, 7) is 3.64. The van der Waals surface area contributed by atoms with Crippen LogP contribution in [0.5, 0.6) is 0 Å². The molecule has 1 aromatic rings. The van der Waals surface area contributed by atoms with Gasteiger partial charge >= 0.3 is 11.8 Å². The minimum atomic E-state index is -0.793. The van der Waals surface area contributed by atoms with Crippen molar-refractivity contribution in [1.29, 1.82) is 0 Å². The van der Waals surface area contributed by atoms with Gasteiger partial charge < -0.3 is 16.4 Å². The Bertz CT molecular complexity index is 460. The molecule has 0 atom stereocenters. The van der Waals surface area contributed by atoms with Crippen LogP contribution in [0.15, 0.2) is 30.9 Å². The Balaban J connectivity index is 2.67. The Morgan fingerprint density at radius 1 is 1.41 bits per heavy atom. The predicted octanol–water partition coefficient (Wildman–Crippen LogP) is 1.16. The van der Waals surface area contributed by atoms with Crippen molar-refractivity contribution in [3.05, 3.63) is 35.9 Å². The summed E-state index contributed by atoms with van der Waals surface area (Å²) in [6.07, 6.45) is 1.47. The van der Waals surface area contributed by atoms with E-state index in [-0.39, 0.29) is 11.6 Å². The smallest absolute Gasteiger partial charge is 0.313 e. The van der Waals surface area contributed by atoms with E-state index in [0.29, 0.717) is 11.4 Å². The first kappa shape index (κ1) is 13.1. The standard InChI is InChI=1S/C11H12ClN3O2/c1-2-5-14-10(16)11(17)15-9-4-3-7(13)6-8(9)12/h2-4,6H,1,5,13H2,(H,14,16)(H,15,17). The lowest BCUT2D eigenvalue weighted by atomic mass is 10.3. The number of rotatable bonds is 3. The molecular weight excluding hydrogens is 242 g/mol. The summed E-state index contributed by atoms with van der Waals surface area (Å²) in [5.41, 5.74) is 6.31. The molecule has 0 aliphatic rings. The number of carbonyl (C=O) groups is 2. The van der Waals surface area contributed by atoms with Gasteiger partial charge in [0.25, 0.3) is 0 Å². The van der Waals surface area contributed by atoms with Gasteiger partial charge in [0.15, 0.2) is 0 Å². The van der Waals surface area contributed by atoms with Gasteiger partial charge in [-0.25, -0.2) is 0 Å². The van der Waals surface area contributed by atoms with E-state index in [1.54, 1.807) is 6.07 Å². The minimum absolute atomic E-state index is 0.224. The van der Waals surface area contributed by atoms with E-state index in [4.69, 9.17) is 17.3 Å². The largest absolute Gasteiger partial charge is 0.399 e. The Labute approximate surface area is 104 Å². The molecule has 0 spiro atoms. The van der Waals surface area contributed by atoms with Gasteiger partial charge in [-0.05, 0) is 18.2 Å². The van der Waals surface area contributed by atoms with Crippen molar-refractivity contribution in [3.63, 3.8) is 0 Å². The number of hydrogen-bond acceptors (Lipinski definition) is 3. The van der Waals surface area contributed by atoms with E-state index in [1.807, 2.05) is 0 Å². The highest BCUT2D eigenvalue weighted by atomic mass is 35.5. The van der Waals surface area contributed by atoms with E-state index < -0.39 is 11.8 Å². The normalized spacial score (nSPS) is 9.47. The minimum Gasteiger partial charge on any atom is -0.399 e. The fraction of sp³-hybridized carbons (Fsp3) is 0.0909. The maximum atomic E-state index is 11.4. The number of hydrogen-bond donors (Lipinski definition) is 3. The monoisotopic (exact) mass is 253 g/mol. The van der Waals surface area contributed by atoms with Crippen molar-refractivity contribution < 1.29 is 9.59 Å². The molecule has 5 nitrogen and oxygen atoms in total. The van der Waals surface area contributed by atoms with Crippen LogP contribution in [0.3, 0.4) is 0 Å². The van der Waals surface area contributed by atoms with Crippen molar-refractivity contribution in [2.24, 2.45) is 0 Å². The fourth-order valence-electron chi connectivity index (χ4n) is 1.06. The van der Waals surface area contributed by atoms with Crippen LogP contribution in [0.4, 0.5) is 11.4 Å². The lowest BCUT2D eigenvalue weighted by Gasteiger charge is -2.07. The Kier molecular flexibility index (Phi) is 4.54. The molecule has 0 saturated carbocycles. The summed E-state index contributed by atoms with van der Waals surface area (Å²) >= 11 is 5.84. The molecule has 0 radical (unpaired) electrons. The van der Waals surface area contributed by atoms with Crippen LogP contribution in [0, 0.1) is 0 Å². The maximum absolute atomic E-state index is 11.4. The maximum Gasteiger partial charge on any atom is 0.313 e. The highest BCUT2D eigenvalue weighted by Gasteiger charge is 2.13. The lowest BCUT2D eigenvalue weighted by Crippen LogP contribution is -2.35. The average molecular weight is 254 g/mol. The van der Waals surface area contributed by atoms with E-state index in [0.717, 1.165) is 0 Å². The van der Waals surface area contributed by atoms with Gasteiger partial charge in [0.1, 0.15) is 0 Å². The van der Waals surface area contributed by atoms with Gasteiger partial charge in [0.05, 0.1) is 10.7 Å². The third-order valence-corrected chi connectivity index (χ3v) is 2.17. The van der Waals surface area contributed by atoms with Crippen molar-refractivity contribution in [2.45, 2.75) is 0 Å². The number of nitrogens with one attached hydrogen (secondary N) is 2. The molecule has 4 N–H and O–H groups in total. The summed E-state index contributed by atoms with van der Waals surface area (Å²) in [5.74, 6) is -1.55. The van der Waals surface area contributed by atoms with E-state index in [9.17, 15) is 9.59 Å². The van der Waals surface area contributed by atoms with Gasteiger partial charge in [-0.2, -0.15) is 0 Å². The second kappa shape index (κ2) is 5.91. The van der Waals surface area contributed by atoms with Crippen molar-refractivity contribution in [1.82, 2.24) is 5.32 Å². The van der Waals surface area contributed by atoms with Crippen LogP contribution >= 0.6 is 11.6 Å². The van der Waals surface area contributed by atoms with Crippen LogP contribution < -0.4 is 16.4 Å². The molecule has 0 aliphatic carbocycles. The third-order valence-electron chi connectivity index (χ3n) is 1.85. The summed E-state index contributed by atoms with van der Waals surface area (Å²) in [6, 6.07) is 4.58. The summed E-state index contributed by atoms with van der Waals surface area (Å²) in [4.78, 5) is 22.7. The average Bonchev–Trinajstić information content (AvgIpc) is 2.29. The highest BCUT2D eigenvalue weighted by molar-refractivity contribution is 6.41. The number of benzene rings is 1. The molecule has 0 fully saturated rings. The first-order chi connectivity index (χ1) is 8.04. The zero-order valence-corrected chi connectivity index (χ0v) is 9.75. The first-order valence-electron chi connectivity index (χ1n) is 4.79. The molecule has 6 heteroatoms. The van der Waals surface area contributed by atoms with Gasteiger partial charge in [-0.1, -0.05) is 17.7 Å². The molecular formula is C11H12ClN3O2. The zero-order chi connectivity index (χ0) is 12.8. The number of amides is 2. The van der Waals surface area contributed by atoms with E-state index in [1.165, 1.54) is 18.2 Å². The summed E-state index contributed by atoms with van der Waals surface area (Å²) in [5, 5.41) is 4.99. The van der Waals surface area contributed by atoms with Crippen molar-refractivity contribution >= 4 is 34.8 Å². The molecule has 0 saturated heterocycles. The number of anilines is 2. The lowest BCUT2D eigenvalue weighted by molar-refractivity contribution is -0.136. The van der Waals surface area contributed by atoms with Crippen LogP contribution in [0.25, 0.3) is 0 Å². The number of nitrogen functional groups attached to an aromatic ring is 1. The number of carbonyl (C=O) groups excluding carboxylic acids is 2. The Hall–Kier alpha value is -2.01. The quantitative estimate of drug-likeness (QED) is 0.429. The summed E-state index contributed by atoms with van der Waals surface area (Å²) < 4.78 is 0. The fourth-order valence-corrected chi connectivity index (χ4v) is 1.29. The summed E-state index contributed by atoms with van der Waals surface area (Å²) in [7, 11) is 0. The van der Waals surface area contributed by atoms with E-state index in [2.05, 4.69) is 17.2 Å². The third kappa shape index (κ3) is 3.81. The second-order valence-corrected chi connectivity index (χ2v) is 3.60. The molecule has 2 amide bonds. The zero-order valence-electron chi connectivity index (χ0n) is 9.00. The SMILES string of the molecule is C=CCNC(=O)C(=O)Nc1ccc(N)cc1Cl. The van der Waals surface area contributed by atoms with Crippen LogP contribution in [-0.2, 0) is 9.59 Å². The molecule has 0 aliphatic heterocycles. The molecule has 17 heavy (non-hydrogen) atoms. The molecule has 90 valence electrons. The van der Waals surface area contributed by atoms with Crippen LogP contribution in [-0.4, -0.2) is 18.4 Å². The van der Waals surface area contributed by atoms with Gasteiger partial charge in [-0.15, -0.1) is 6.58 Å². The number of nitrogens with two attached hydrogens (primary N) is 1. The highest BCUT2D eigenvalue weighted by Crippen LogP contribution is 2.23. The topological polar surface area (TPSA) is 84.2 Å². The van der Waals surface area contributed by atoms with Crippen LogP contribution in [0.1, 0.15) is 0 Å². The second-order valence-electron chi connectivity index (χ2n) is 3.19. The molecule has 1 rings (SSSR count). The molecule has 0 heterocycles. The van der Waals surface area contributed by atoms with E-state index >= 15 is 0 Å². The predicted molar refractivity (Wildman–Crippen MR) is 67.7 cm³/mol. The molecule has 0 unspecified atom stereocenters. The van der Waals surface area contributed by atoms with Gasteiger partial charge in [-0.3, -0.25) is 9.59 Å². The van der Waals surface area contributed by atoms with Crippen molar-refractivity contribution in [3.8, 4) is 0 Å². The molecule has 1 aromatic carbocycles. The number of halogens is 1. The Morgan fingerprint density at radius 2 is 2.12 bits per heavy atom. The molecule has 0 aromatic heterocycles. The molecule has 0 bridgehead atoms. The van der Waals surface area contributed by atoms with Gasteiger partial charge in [0, 0.05) is 12.2 Å². The van der Waals surface area contributed by atoms with Crippen LogP contribution in [0.2, 0.25) is 5.02 Å². The van der Waals surface area contributed by atoms with Gasteiger partial charge in [0.2, 0.25) is 0 Å². The van der Waals surface area contributed by atoms with Crippen molar-refractivity contribution in [2.75, 3.05) is 17.6 Å².